The molecule has 0 aromatic carbocycles. The number of hydrogen-bond acceptors (Lipinski definition) is 5. The molecular formula is C7H10N2O4S2. The van der Waals surface area contributed by atoms with Crippen LogP contribution in [-0.4, -0.2) is 30.5 Å². The van der Waals surface area contributed by atoms with Crippen molar-refractivity contribution in [2.75, 3.05) is 0 Å². The van der Waals surface area contributed by atoms with Crippen LogP contribution in [-0.2, 0) is 14.8 Å². The number of aryl methyl sites for hydroxylation is 1. The molecule has 0 aliphatic rings. The molecule has 1 aromatic rings. The Kier molecular flexibility index (Phi) is 3.42. The number of carbonyl (C=O) groups is 1. The lowest BCUT2D eigenvalue weighted by Gasteiger charge is -2.07. The van der Waals surface area contributed by atoms with Crippen LogP contribution >= 0.6 is 11.3 Å². The zero-order valence-corrected chi connectivity index (χ0v) is 9.72. The first-order chi connectivity index (χ1) is 6.83. The van der Waals surface area contributed by atoms with Crippen molar-refractivity contribution in [3.63, 3.8) is 0 Å². The number of carboxylic acid groups (broad SMARTS) is 1. The van der Waals surface area contributed by atoms with Crippen molar-refractivity contribution in [1.82, 2.24) is 9.71 Å². The summed E-state index contributed by atoms with van der Waals surface area (Å²) in [5.41, 5.74) is 0. The molecule has 0 fully saturated rings. The lowest BCUT2D eigenvalue weighted by molar-refractivity contribution is -0.138. The summed E-state index contributed by atoms with van der Waals surface area (Å²) in [6, 6.07) is -1.16. The maximum atomic E-state index is 11.6. The second-order valence-electron chi connectivity index (χ2n) is 2.88. The summed E-state index contributed by atoms with van der Waals surface area (Å²) in [6.45, 7) is 2.93. The third-order valence-electron chi connectivity index (χ3n) is 1.57. The number of carboxylic acids is 1. The summed E-state index contributed by atoms with van der Waals surface area (Å²) >= 11 is 0.994. The van der Waals surface area contributed by atoms with Crippen LogP contribution in [0.1, 0.15) is 11.9 Å². The minimum Gasteiger partial charge on any atom is -0.480 e. The van der Waals surface area contributed by atoms with Crippen LogP contribution < -0.4 is 4.72 Å². The molecule has 6 nitrogen and oxygen atoms in total. The van der Waals surface area contributed by atoms with Gasteiger partial charge in [0.05, 0.1) is 11.2 Å². The van der Waals surface area contributed by atoms with Gasteiger partial charge in [-0.1, -0.05) is 0 Å². The second-order valence-corrected chi connectivity index (χ2v) is 6.06. The smallest absolute Gasteiger partial charge is 0.321 e. The van der Waals surface area contributed by atoms with Gasteiger partial charge in [0.15, 0.2) is 4.21 Å². The van der Waals surface area contributed by atoms with Crippen molar-refractivity contribution in [3.05, 3.63) is 11.2 Å². The lowest BCUT2D eigenvalue weighted by Crippen LogP contribution is -2.37. The summed E-state index contributed by atoms with van der Waals surface area (Å²) in [7, 11) is -3.76. The van der Waals surface area contributed by atoms with Crippen molar-refractivity contribution < 1.29 is 18.3 Å². The van der Waals surface area contributed by atoms with Gasteiger partial charge >= 0.3 is 5.97 Å². The van der Waals surface area contributed by atoms with Gasteiger partial charge in [0, 0.05) is 0 Å². The summed E-state index contributed by atoms with van der Waals surface area (Å²) in [5, 5.41) is 9.17. The Labute approximate surface area is 91.0 Å². The van der Waals surface area contributed by atoms with Gasteiger partial charge in [-0.3, -0.25) is 4.79 Å². The number of hydrogen-bond donors (Lipinski definition) is 2. The molecule has 84 valence electrons. The largest absolute Gasteiger partial charge is 0.480 e. The van der Waals surface area contributed by atoms with Crippen molar-refractivity contribution in [3.8, 4) is 0 Å². The van der Waals surface area contributed by atoms with E-state index < -0.39 is 22.0 Å². The predicted molar refractivity (Wildman–Crippen MR) is 54.3 cm³/mol. The number of rotatable bonds is 4. The molecule has 0 radical (unpaired) electrons. The van der Waals surface area contributed by atoms with E-state index in [0.29, 0.717) is 5.01 Å². The molecule has 0 bridgehead atoms. The van der Waals surface area contributed by atoms with Crippen molar-refractivity contribution >= 4 is 27.3 Å². The molecule has 0 saturated heterocycles. The summed E-state index contributed by atoms with van der Waals surface area (Å²) in [4.78, 5) is 14.3. The third-order valence-corrected chi connectivity index (χ3v) is 4.48. The maximum Gasteiger partial charge on any atom is 0.321 e. The number of aliphatic carboxylic acids is 1. The molecule has 1 atom stereocenters. The molecule has 0 spiro atoms. The van der Waals surface area contributed by atoms with Crippen LogP contribution in [0.4, 0.5) is 0 Å². The van der Waals surface area contributed by atoms with Crippen molar-refractivity contribution in [2.24, 2.45) is 0 Å². The molecule has 0 saturated carbocycles. The van der Waals surface area contributed by atoms with Gasteiger partial charge in [-0.15, -0.1) is 11.3 Å². The molecular weight excluding hydrogens is 240 g/mol. The highest BCUT2D eigenvalue weighted by Gasteiger charge is 2.23. The number of sulfonamides is 1. The highest BCUT2D eigenvalue weighted by atomic mass is 32.2. The zero-order valence-electron chi connectivity index (χ0n) is 8.09. The van der Waals surface area contributed by atoms with Crippen LogP contribution in [0.15, 0.2) is 10.4 Å². The van der Waals surface area contributed by atoms with E-state index in [1.807, 2.05) is 4.72 Å². The molecule has 0 aliphatic heterocycles. The van der Waals surface area contributed by atoms with Gasteiger partial charge in [0.1, 0.15) is 6.04 Å². The van der Waals surface area contributed by atoms with Gasteiger partial charge in [-0.05, 0) is 13.8 Å². The van der Waals surface area contributed by atoms with E-state index in [9.17, 15) is 13.2 Å². The molecule has 0 amide bonds. The SMILES string of the molecule is Cc1ncc(S(=O)(=O)NC(C)C(=O)O)s1. The van der Waals surface area contributed by atoms with E-state index >= 15 is 0 Å². The van der Waals surface area contributed by atoms with Gasteiger partial charge in [-0.2, -0.15) is 4.72 Å². The normalized spacial score (nSPS) is 13.7. The van der Waals surface area contributed by atoms with Crippen LogP contribution in [0.25, 0.3) is 0 Å². The minimum atomic E-state index is -3.76. The molecule has 1 rings (SSSR count). The Balaban J connectivity index is 2.90. The van der Waals surface area contributed by atoms with Gasteiger partial charge in [0.2, 0.25) is 0 Å². The second kappa shape index (κ2) is 4.25. The Morgan fingerprint density at radius 2 is 2.27 bits per heavy atom. The number of nitrogens with one attached hydrogen (secondary N) is 1. The van der Waals surface area contributed by atoms with Crippen molar-refractivity contribution in [1.29, 1.82) is 0 Å². The quantitative estimate of drug-likeness (QED) is 0.796. The van der Waals surface area contributed by atoms with Gasteiger partial charge in [-0.25, -0.2) is 13.4 Å². The number of nitrogens with zero attached hydrogens (tertiary/aromatic N) is 1. The van der Waals surface area contributed by atoms with Crippen LogP contribution in [0.5, 0.6) is 0 Å². The first kappa shape index (κ1) is 12.1. The number of aromatic nitrogens is 1. The van der Waals surface area contributed by atoms with Crippen LogP contribution in [0.2, 0.25) is 0 Å². The Morgan fingerprint density at radius 3 is 2.67 bits per heavy atom. The average molecular weight is 250 g/mol. The van der Waals surface area contributed by atoms with E-state index in [1.54, 1.807) is 6.92 Å². The first-order valence-electron chi connectivity index (χ1n) is 4.00. The molecule has 1 aromatic heterocycles. The average Bonchev–Trinajstić information content (AvgIpc) is 2.51. The standard InChI is InChI=1S/C7H10N2O4S2/c1-4(7(10)11)9-15(12,13)6-3-8-5(2)14-6/h3-4,9H,1-2H3,(H,10,11). The molecule has 1 unspecified atom stereocenters. The third kappa shape index (κ3) is 2.98. The van der Waals surface area contributed by atoms with E-state index in [4.69, 9.17) is 5.11 Å². The fraction of sp³-hybridized carbons (Fsp3) is 0.429. The molecule has 8 heteroatoms. The Morgan fingerprint density at radius 1 is 1.67 bits per heavy atom. The molecule has 2 N–H and O–H groups in total. The maximum absolute atomic E-state index is 11.6. The summed E-state index contributed by atoms with van der Waals surface area (Å²) in [6.07, 6.45) is 1.21. The fourth-order valence-corrected chi connectivity index (χ4v) is 3.13. The van der Waals surface area contributed by atoms with E-state index in [-0.39, 0.29) is 4.21 Å². The number of thiazole rings is 1. The fourth-order valence-electron chi connectivity index (χ4n) is 0.807. The van der Waals surface area contributed by atoms with E-state index in [2.05, 4.69) is 4.98 Å². The molecule has 15 heavy (non-hydrogen) atoms. The van der Waals surface area contributed by atoms with Crippen molar-refractivity contribution in [2.45, 2.75) is 24.1 Å². The summed E-state index contributed by atoms with van der Waals surface area (Å²) in [5.74, 6) is -1.22. The Hall–Kier alpha value is -0.990. The van der Waals surface area contributed by atoms with Gasteiger partial charge < -0.3 is 5.11 Å². The lowest BCUT2D eigenvalue weighted by atomic mass is 10.4. The van der Waals surface area contributed by atoms with E-state index in [0.717, 1.165) is 11.3 Å². The summed E-state index contributed by atoms with van der Waals surface area (Å²) < 4.78 is 25.2. The molecule has 1 heterocycles. The Bertz CT molecular complexity index is 465. The van der Waals surface area contributed by atoms with Crippen LogP contribution in [0.3, 0.4) is 0 Å². The van der Waals surface area contributed by atoms with Gasteiger partial charge in [0.25, 0.3) is 10.0 Å². The minimum absolute atomic E-state index is 0.0214. The monoisotopic (exact) mass is 250 g/mol. The van der Waals surface area contributed by atoms with E-state index in [1.165, 1.54) is 13.1 Å². The topological polar surface area (TPSA) is 96.4 Å². The van der Waals surface area contributed by atoms with Crippen LogP contribution in [0, 0.1) is 6.92 Å². The molecule has 0 aliphatic carbocycles. The zero-order chi connectivity index (χ0) is 11.6. The predicted octanol–water partition coefficient (Wildman–Crippen LogP) is 0.203. The highest BCUT2D eigenvalue weighted by Crippen LogP contribution is 2.17. The first-order valence-corrected chi connectivity index (χ1v) is 6.30. The highest BCUT2D eigenvalue weighted by molar-refractivity contribution is 7.91.